The monoisotopic (exact) mass is 780 g/mol. The van der Waals surface area contributed by atoms with Crippen LogP contribution in [0.5, 0.6) is 0 Å². The van der Waals surface area contributed by atoms with Gasteiger partial charge in [0.1, 0.15) is 33.7 Å². The molecular weight excluding hydrogens is 749 g/mol. The summed E-state index contributed by atoms with van der Waals surface area (Å²) in [5, 5.41) is 3.68. The van der Waals surface area contributed by atoms with E-state index in [4.69, 9.17) is 45.2 Å². The van der Waals surface area contributed by atoms with Crippen LogP contribution in [0.2, 0.25) is 0 Å². The molecule has 0 unspecified atom stereocenters. The van der Waals surface area contributed by atoms with Gasteiger partial charge in [-0.1, -0.05) is 67.8 Å². The van der Waals surface area contributed by atoms with E-state index in [1.807, 2.05) is 84.9 Å². The van der Waals surface area contributed by atoms with Crippen LogP contribution < -0.4 is 11.5 Å². The molecule has 0 amide bonds. The van der Waals surface area contributed by atoms with Crippen LogP contribution in [-0.2, 0) is 0 Å². The van der Waals surface area contributed by atoms with Crippen LogP contribution in [0.3, 0.4) is 0 Å². The fourth-order valence-corrected chi connectivity index (χ4v) is 7.26. The Balaban J connectivity index is 1.13. The first-order valence-corrected chi connectivity index (χ1v) is 18.9. The van der Waals surface area contributed by atoms with Gasteiger partial charge < -0.3 is 20.3 Å². The summed E-state index contributed by atoms with van der Waals surface area (Å²) in [7, 11) is 0. The second kappa shape index (κ2) is 14.7. The minimum atomic E-state index is 0.314. The smallest absolute Gasteiger partial charge is 0.182 e. The number of rotatable bonds is 10. The molecule has 0 fully saturated rings. The van der Waals surface area contributed by atoms with Gasteiger partial charge in [0.2, 0.25) is 0 Å². The largest absolute Gasteiger partial charge is 0.456 e. The normalized spacial score (nSPS) is 12.5. The summed E-state index contributed by atoms with van der Waals surface area (Å²) in [6, 6.07) is 27.1. The number of nitrogens with two attached hydrogens (primary N) is 2. The highest BCUT2D eigenvalue weighted by Gasteiger charge is 2.26. The molecule has 286 valence electrons. The lowest BCUT2D eigenvalue weighted by Gasteiger charge is -2.20. The number of benzene rings is 4. The van der Waals surface area contributed by atoms with Gasteiger partial charge in [-0.05, 0) is 89.8 Å². The molecule has 10 rings (SSSR count). The first-order valence-electron chi connectivity index (χ1n) is 18.9. The average molecular weight is 781 g/mol. The van der Waals surface area contributed by atoms with Gasteiger partial charge in [0.05, 0.1) is 5.70 Å². The molecule has 4 aromatic carbocycles. The van der Waals surface area contributed by atoms with Crippen LogP contribution in [0.15, 0.2) is 168 Å². The molecule has 4 N–H and O–H groups in total. The van der Waals surface area contributed by atoms with Crippen molar-refractivity contribution < 1.29 is 8.83 Å². The van der Waals surface area contributed by atoms with Crippen molar-refractivity contribution in [2.45, 2.75) is 0 Å². The van der Waals surface area contributed by atoms with Crippen molar-refractivity contribution in [1.29, 1.82) is 0 Å². The van der Waals surface area contributed by atoms with E-state index in [0.717, 1.165) is 43.8 Å². The lowest BCUT2D eigenvalue weighted by molar-refractivity contribution is 0.646. The first-order chi connectivity index (χ1) is 29.4. The Morgan fingerprint density at radius 3 is 1.65 bits per heavy atom. The van der Waals surface area contributed by atoms with Crippen LogP contribution in [0.4, 0.5) is 0 Å². The van der Waals surface area contributed by atoms with Gasteiger partial charge in [0.25, 0.3) is 0 Å². The second-order valence-electron chi connectivity index (χ2n) is 13.8. The van der Waals surface area contributed by atoms with Crippen molar-refractivity contribution in [2.24, 2.45) is 11.5 Å². The van der Waals surface area contributed by atoms with Crippen molar-refractivity contribution in [2.75, 3.05) is 0 Å². The predicted octanol–water partition coefficient (Wildman–Crippen LogP) is 9.94. The second-order valence-corrected chi connectivity index (χ2v) is 13.8. The van der Waals surface area contributed by atoms with Gasteiger partial charge in [-0.15, -0.1) is 0 Å². The summed E-state index contributed by atoms with van der Waals surface area (Å²) in [5.74, 6) is 2.38. The lowest BCUT2D eigenvalue weighted by atomic mass is 9.89. The third-order valence-electron chi connectivity index (χ3n) is 9.94. The van der Waals surface area contributed by atoms with Crippen LogP contribution >= 0.6 is 0 Å². The van der Waals surface area contributed by atoms with Gasteiger partial charge in [-0.25, -0.2) is 29.9 Å². The van der Waals surface area contributed by atoms with Gasteiger partial charge >= 0.3 is 0 Å². The maximum atomic E-state index is 6.76. The van der Waals surface area contributed by atoms with E-state index in [1.165, 1.54) is 6.20 Å². The van der Waals surface area contributed by atoms with E-state index in [-0.39, 0.29) is 0 Å². The Bertz CT molecular complexity index is 3380. The molecular formula is C48H32N10O2. The molecule has 6 heterocycles. The zero-order valence-corrected chi connectivity index (χ0v) is 31.8. The molecule has 4 aromatic heterocycles. The Morgan fingerprint density at radius 1 is 0.567 bits per heavy atom. The molecule has 0 saturated heterocycles. The Kier molecular flexibility index (Phi) is 8.76. The summed E-state index contributed by atoms with van der Waals surface area (Å²) in [6.45, 7) is 7.93. The van der Waals surface area contributed by atoms with Crippen molar-refractivity contribution >= 4 is 55.1 Å². The Hall–Kier alpha value is -8.64. The molecule has 0 saturated carbocycles. The highest BCUT2D eigenvalue weighted by Crippen LogP contribution is 2.49. The molecule has 12 heteroatoms. The van der Waals surface area contributed by atoms with Gasteiger partial charge in [-0.3, -0.25) is 9.97 Å². The van der Waals surface area contributed by atoms with E-state index in [1.54, 1.807) is 54.9 Å². The van der Waals surface area contributed by atoms with E-state index in [0.29, 0.717) is 79.9 Å². The van der Waals surface area contributed by atoms with Crippen molar-refractivity contribution in [3.8, 4) is 56.9 Å². The number of hydrogen-bond donors (Lipinski definition) is 2. The summed E-state index contributed by atoms with van der Waals surface area (Å²) in [5.41, 5.74) is 20.2. The lowest BCUT2D eigenvalue weighted by Crippen LogP contribution is -2.07. The van der Waals surface area contributed by atoms with Gasteiger partial charge in [0.15, 0.2) is 34.9 Å². The summed E-state index contributed by atoms with van der Waals surface area (Å²) in [4.78, 5) is 37.8. The van der Waals surface area contributed by atoms with E-state index in [2.05, 4.69) is 28.1 Å². The van der Waals surface area contributed by atoms with Crippen molar-refractivity contribution in [1.82, 2.24) is 39.9 Å². The topological polar surface area (TPSA) is 181 Å². The maximum Gasteiger partial charge on any atom is 0.182 e. The number of pyridine rings is 2. The third kappa shape index (κ3) is 6.30. The number of nitrogens with zero attached hydrogens (tertiary/aromatic N) is 8. The summed E-state index contributed by atoms with van der Waals surface area (Å²) >= 11 is 0. The Morgan fingerprint density at radius 2 is 1.12 bits per heavy atom. The fourth-order valence-electron chi connectivity index (χ4n) is 7.26. The van der Waals surface area contributed by atoms with Crippen LogP contribution in [0.1, 0.15) is 11.6 Å². The van der Waals surface area contributed by atoms with Crippen molar-refractivity contribution in [3.05, 3.63) is 171 Å². The molecule has 0 aliphatic carbocycles. The number of allylic oxidation sites excluding steroid dienone is 8. The quantitative estimate of drug-likeness (QED) is 0.0762. The maximum absolute atomic E-state index is 6.76. The van der Waals surface area contributed by atoms with E-state index < -0.39 is 0 Å². The molecule has 0 bridgehead atoms. The van der Waals surface area contributed by atoms with Crippen LogP contribution in [-0.4, -0.2) is 39.9 Å². The molecule has 0 spiro atoms. The van der Waals surface area contributed by atoms with E-state index in [9.17, 15) is 0 Å². The molecule has 0 atom stereocenters. The van der Waals surface area contributed by atoms with E-state index >= 15 is 0 Å². The molecule has 0 radical (unpaired) electrons. The highest BCUT2D eigenvalue weighted by atomic mass is 16.3. The molecule has 2 aliphatic heterocycles. The van der Waals surface area contributed by atoms with Gasteiger partial charge in [0, 0.05) is 51.0 Å². The van der Waals surface area contributed by atoms with Crippen molar-refractivity contribution in [3.63, 3.8) is 0 Å². The number of hydrogen-bond acceptors (Lipinski definition) is 12. The predicted molar refractivity (Wildman–Crippen MR) is 236 cm³/mol. The van der Waals surface area contributed by atoms with Gasteiger partial charge in [-0.2, -0.15) is 0 Å². The Labute approximate surface area is 342 Å². The minimum absolute atomic E-state index is 0.314. The third-order valence-corrected chi connectivity index (χ3v) is 9.94. The summed E-state index contributed by atoms with van der Waals surface area (Å²) < 4.78 is 13.5. The summed E-state index contributed by atoms with van der Waals surface area (Å²) in [6.07, 6.45) is 17.1. The SMILES string of the molecule is C=C/C=C\C=C(/N)c1nc(-c2cc3ccc4oc5cc(-c6nc(C(=C)/C=C\C=C/N)nc(-c7ccccn7)n6)cc6ccc7oc(c2)c3c4-c7c65)nc(-c2ccccn2)n1. The number of aromatic nitrogens is 8. The molecule has 12 nitrogen and oxygen atoms in total. The minimum Gasteiger partial charge on any atom is -0.456 e. The molecule has 60 heavy (non-hydrogen) atoms. The highest BCUT2D eigenvalue weighted by molar-refractivity contribution is 6.24. The zero-order chi connectivity index (χ0) is 40.7. The molecule has 2 aliphatic rings. The molecule has 8 aromatic rings. The first kappa shape index (κ1) is 35.8. The standard InChI is InChI=1S/C48H32N10O2/c1-3-4-5-13-32(50)46-55-45(57-48(58-46)34-15-8-11-22-52-34)31-24-29-17-19-35-42-40(29)38(26-31)60-36-18-16-28-23-30(25-37(59-35)39(28)41(36)42)44-53-43(27(2)12-6-9-20-49)54-47(56-44)33-14-7-10-21-51-33/h3-26H,1-2,49-50H2/b5-4-,12-6-,20-9-,32-13-. The fraction of sp³-hybridized carbons (Fsp3) is 0. The average Bonchev–Trinajstić information content (AvgIpc) is 3.29. The van der Waals surface area contributed by atoms with Crippen LogP contribution in [0.25, 0.3) is 112 Å². The zero-order valence-electron chi connectivity index (χ0n) is 31.8. The van der Waals surface area contributed by atoms with Crippen LogP contribution in [0, 0.1) is 0 Å².